The van der Waals surface area contributed by atoms with E-state index in [1.165, 1.54) is 30.3 Å². The van der Waals surface area contributed by atoms with E-state index in [1.807, 2.05) is 0 Å². The molecule has 0 bridgehead atoms. The van der Waals surface area contributed by atoms with Crippen LogP contribution in [-0.2, 0) is 0 Å². The summed E-state index contributed by atoms with van der Waals surface area (Å²) in [6, 6.07) is 6.74. The van der Waals surface area contributed by atoms with Gasteiger partial charge in [-0.15, -0.1) is 0 Å². The minimum Gasteiger partial charge on any atom is -0.382 e. The smallest absolute Gasteiger partial charge is 0.141 e. The van der Waals surface area contributed by atoms with Crippen LogP contribution < -0.4 is 0 Å². The molecule has 0 radical (unpaired) electrons. The first kappa shape index (κ1) is 11.7. The highest BCUT2D eigenvalue weighted by atomic mass is 19.1. The van der Waals surface area contributed by atoms with E-state index in [0.29, 0.717) is 16.8 Å². The Hall–Kier alpha value is -1.81. The van der Waals surface area contributed by atoms with Gasteiger partial charge < -0.3 is 5.11 Å². The van der Waals surface area contributed by atoms with Crippen LogP contribution in [-0.4, -0.2) is 10.1 Å². The third kappa shape index (κ3) is 2.47. The Morgan fingerprint density at radius 1 is 1.12 bits per heavy atom. The summed E-state index contributed by atoms with van der Waals surface area (Å²) in [5, 5.41) is 10.0. The summed E-state index contributed by atoms with van der Waals surface area (Å²) in [5.41, 5.74) is 1.52. The fourth-order valence-electron chi connectivity index (χ4n) is 1.65. The van der Waals surface area contributed by atoms with Crippen molar-refractivity contribution in [2.24, 2.45) is 0 Å². The highest BCUT2D eigenvalue weighted by Gasteiger charge is 2.14. The maximum absolute atomic E-state index is 12.9. The van der Waals surface area contributed by atoms with Crippen molar-refractivity contribution in [3.63, 3.8) is 0 Å². The maximum Gasteiger partial charge on any atom is 0.141 e. The first-order valence-corrected chi connectivity index (χ1v) is 5.13. The Bertz CT molecular complexity index is 525. The molecule has 0 spiro atoms. The lowest BCUT2D eigenvalue weighted by molar-refractivity contribution is 0.214. The number of aliphatic hydroxyl groups is 1. The second-order valence-electron chi connectivity index (χ2n) is 3.80. The van der Waals surface area contributed by atoms with Crippen LogP contribution in [0.2, 0.25) is 0 Å². The predicted molar refractivity (Wildman–Crippen MR) is 59.4 cm³/mol. The molecule has 0 fully saturated rings. The number of halogens is 2. The molecular formula is C13H11F2NO. The van der Waals surface area contributed by atoms with Gasteiger partial charge in [0.25, 0.3) is 0 Å². The third-order valence-electron chi connectivity index (χ3n) is 2.56. The third-order valence-corrected chi connectivity index (χ3v) is 2.56. The molecule has 2 aromatic rings. The first-order valence-electron chi connectivity index (χ1n) is 5.13. The number of benzene rings is 1. The van der Waals surface area contributed by atoms with Gasteiger partial charge in [0.05, 0.1) is 11.9 Å². The van der Waals surface area contributed by atoms with Gasteiger partial charge in [-0.25, -0.2) is 8.78 Å². The summed E-state index contributed by atoms with van der Waals surface area (Å²) in [6.45, 7) is 1.70. The number of hydrogen-bond acceptors (Lipinski definition) is 2. The van der Waals surface area contributed by atoms with Gasteiger partial charge in [-0.3, -0.25) is 4.98 Å². The topological polar surface area (TPSA) is 33.1 Å². The fourth-order valence-corrected chi connectivity index (χ4v) is 1.65. The number of aryl methyl sites for hydroxylation is 1. The molecule has 1 atom stereocenters. The zero-order valence-corrected chi connectivity index (χ0v) is 9.19. The van der Waals surface area contributed by atoms with E-state index < -0.39 is 11.9 Å². The second kappa shape index (κ2) is 4.59. The lowest BCUT2D eigenvalue weighted by Crippen LogP contribution is -2.04. The van der Waals surface area contributed by atoms with E-state index in [0.717, 1.165) is 6.20 Å². The standard InChI is InChI=1S/C13H11F2NO/c1-8-6-9(14)2-4-11(8)13(17)12-5-3-10(15)7-16-12/h2-7,13,17H,1H3. The molecule has 1 heterocycles. The van der Waals surface area contributed by atoms with E-state index in [1.54, 1.807) is 6.92 Å². The average Bonchev–Trinajstić information content (AvgIpc) is 2.29. The Morgan fingerprint density at radius 2 is 1.82 bits per heavy atom. The number of pyridine rings is 1. The Labute approximate surface area is 97.6 Å². The molecule has 1 N–H and O–H groups in total. The van der Waals surface area contributed by atoms with Crippen molar-refractivity contribution in [1.82, 2.24) is 4.98 Å². The summed E-state index contributed by atoms with van der Waals surface area (Å²) in [6.07, 6.45) is 0.0634. The molecule has 0 aliphatic carbocycles. The molecule has 0 amide bonds. The molecule has 0 saturated carbocycles. The van der Waals surface area contributed by atoms with Crippen LogP contribution in [0.3, 0.4) is 0 Å². The van der Waals surface area contributed by atoms with Crippen molar-refractivity contribution in [3.05, 3.63) is 65.0 Å². The SMILES string of the molecule is Cc1cc(F)ccc1C(O)c1ccc(F)cn1. The van der Waals surface area contributed by atoms with Crippen LogP contribution >= 0.6 is 0 Å². The van der Waals surface area contributed by atoms with Gasteiger partial charge in [0.1, 0.15) is 17.7 Å². The molecular weight excluding hydrogens is 224 g/mol. The van der Waals surface area contributed by atoms with Gasteiger partial charge in [-0.2, -0.15) is 0 Å². The molecule has 2 rings (SSSR count). The van der Waals surface area contributed by atoms with Gasteiger partial charge in [-0.1, -0.05) is 6.07 Å². The monoisotopic (exact) mass is 235 g/mol. The zero-order chi connectivity index (χ0) is 12.4. The summed E-state index contributed by atoms with van der Waals surface area (Å²) < 4.78 is 25.6. The summed E-state index contributed by atoms with van der Waals surface area (Å²) in [4.78, 5) is 3.80. The number of hydrogen-bond donors (Lipinski definition) is 1. The van der Waals surface area contributed by atoms with Gasteiger partial charge in [0, 0.05) is 0 Å². The van der Waals surface area contributed by atoms with Crippen LogP contribution in [0.1, 0.15) is 22.9 Å². The predicted octanol–water partition coefficient (Wildman–Crippen LogP) is 2.75. The fraction of sp³-hybridized carbons (Fsp3) is 0.154. The van der Waals surface area contributed by atoms with Crippen molar-refractivity contribution in [3.8, 4) is 0 Å². The Morgan fingerprint density at radius 3 is 2.41 bits per heavy atom. The lowest BCUT2D eigenvalue weighted by atomic mass is 10.0. The quantitative estimate of drug-likeness (QED) is 0.868. The molecule has 0 aliphatic heterocycles. The van der Waals surface area contributed by atoms with Crippen LogP contribution in [0.15, 0.2) is 36.5 Å². The molecule has 1 unspecified atom stereocenters. The highest BCUT2D eigenvalue weighted by Crippen LogP contribution is 2.23. The van der Waals surface area contributed by atoms with Crippen molar-refractivity contribution in [2.75, 3.05) is 0 Å². The number of nitrogens with zero attached hydrogens (tertiary/aromatic N) is 1. The molecule has 1 aromatic heterocycles. The summed E-state index contributed by atoms with van der Waals surface area (Å²) >= 11 is 0. The van der Waals surface area contributed by atoms with Gasteiger partial charge in [-0.05, 0) is 42.3 Å². The van der Waals surface area contributed by atoms with Gasteiger partial charge in [0.15, 0.2) is 0 Å². The Kier molecular flexibility index (Phi) is 3.15. The van der Waals surface area contributed by atoms with Crippen molar-refractivity contribution in [1.29, 1.82) is 0 Å². The number of aliphatic hydroxyl groups excluding tert-OH is 1. The number of aromatic nitrogens is 1. The maximum atomic E-state index is 12.9. The van der Waals surface area contributed by atoms with E-state index in [9.17, 15) is 13.9 Å². The number of rotatable bonds is 2. The lowest BCUT2D eigenvalue weighted by Gasteiger charge is -2.13. The van der Waals surface area contributed by atoms with Gasteiger partial charge >= 0.3 is 0 Å². The van der Waals surface area contributed by atoms with Crippen molar-refractivity contribution >= 4 is 0 Å². The zero-order valence-electron chi connectivity index (χ0n) is 9.19. The normalized spacial score (nSPS) is 12.5. The molecule has 4 heteroatoms. The van der Waals surface area contributed by atoms with E-state index in [4.69, 9.17) is 0 Å². The van der Waals surface area contributed by atoms with Crippen LogP contribution in [0.5, 0.6) is 0 Å². The molecule has 1 aromatic carbocycles. The first-order chi connectivity index (χ1) is 8.08. The summed E-state index contributed by atoms with van der Waals surface area (Å²) in [7, 11) is 0. The van der Waals surface area contributed by atoms with E-state index in [-0.39, 0.29) is 5.82 Å². The van der Waals surface area contributed by atoms with E-state index >= 15 is 0 Å². The van der Waals surface area contributed by atoms with Crippen LogP contribution in [0.25, 0.3) is 0 Å². The van der Waals surface area contributed by atoms with Crippen LogP contribution in [0, 0.1) is 18.6 Å². The van der Waals surface area contributed by atoms with Crippen molar-refractivity contribution in [2.45, 2.75) is 13.0 Å². The van der Waals surface area contributed by atoms with Crippen LogP contribution in [0.4, 0.5) is 8.78 Å². The largest absolute Gasteiger partial charge is 0.382 e. The minimum absolute atomic E-state index is 0.334. The van der Waals surface area contributed by atoms with Gasteiger partial charge in [0.2, 0.25) is 0 Å². The molecule has 2 nitrogen and oxygen atoms in total. The Balaban J connectivity index is 2.36. The average molecular weight is 235 g/mol. The molecule has 0 aliphatic rings. The highest BCUT2D eigenvalue weighted by molar-refractivity contribution is 5.33. The molecule has 88 valence electrons. The molecule has 0 saturated heterocycles. The molecule has 17 heavy (non-hydrogen) atoms. The second-order valence-corrected chi connectivity index (χ2v) is 3.80. The summed E-state index contributed by atoms with van der Waals surface area (Å²) in [5.74, 6) is -0.817. The minimum atomic E-state index is -0.976. The van der Waals surface area contributed by atoms with E-state index in [2.05, 4.69) is 4.98 Å². The van der Waals surface area contributed by atoms with Crippen molar-refractivity contribution < 1.29 is 13.9 Å².